The highest BCUT2D eigenvalue weighted by atomic mass is 35.5. The largest absolute Gasteiger partial charge is 0.458 e. The molecule has 1 aromatic carbocycles. The molecule has 24 heavy (non-hydrogen) atoms. The van der Waals surface area contributed by atoms with Gasteiger partial charge in [0.1, 0.15) is 6.10 Å². The molecule has 0 radical (unpaired) electrons. The van der Waals surface area contributed by atoms with E-state index in [1.165, 1.54) is 6.42 Å². The van der Waals surface area contributed by atoms with Gasteiger partial charge in [-0.05, 0) is 53.2 Å². The van der Waals surface area contributed by atoms with E-state index in [2.05, 4.69) is 38.0 Å². The van der Waals surface area contributed by atoms with E-state index in [-0.39, 0.29) is 24.5 Å². The van der Waals surface area contributed by atoms with Gasteiger partial charge >= 0.3 is 5.97 Å². The van der Waals surface area contributed by atoms with Crippen LogP contribution in [0.4, 0.5) is 0 Å². The fourth-order valence-electron chi connectivity index (χ4n) is 3.64. The highest BCUT2D eigenvalue weighted by Crippen LogP contribution is 2.33. The average Bonchev–Trinajstić information content (AvgIpc) is 2.50. The van der Waals surface area contributed by atoms with Crippen LogP contribution in [-0.2, 0) is 4.74 Å². The van der Waals surface area contributed by atoms with Gasteiger partial charge in [0.15, 0.2) is 0 Å². The Kier molecular flexibility index (Phi) is 8.74. The lowest BCUT2D eigenvalue weighted by molar-refractivity contribution is -0.0344. The van der Waals surface area contributed by atoms with Crippen molar-refractivity contribution in [2.24, 2.45) is 11.8 Å². The first-order valence-electron chi connectivity index (χ1n) is 8.53. The summed E-state index contributed by atoms with van der Waals surface area (Å²) < 4.78 is 6.01. The molecule has 0 aliphatic heterocycles. The Hall–Kier alpha value is -1.10. The third-order valence-corrected chi connectivity index (χ3v) is 4.53. The van der Waals surface area contributed by atoms with Gasteiger partial charge in [0.05, 0.1) is 5.56 Å². The molecule has 0 N–H and O–H groups in total. The number of hydrogen-bond acceptors (Lipinski definition) is 4. The predicted octanol–water partition coefficient (Wildman–Crippen LogP) is 3.17. The standard InChI is InChI=1S/C19H30N2O2.ClH/c1-20(2)13-16-11-8-12-17(14-21(3)4)18(16)23-19(22)15-9-6-5-7-10-15;/h5-7,9-10,16-18H,8,11-14H2,1-4H3;1H. The summed E-state index contributed by atoms with van der Waals surface area (Å²) in [5.41, 5.74) is 0.644. The second-order valence-corrected chi connectivity index (χ2v) is 7.21. The monoisotopic (exact) mass is 354 g/mol. The van der Waals surface area contributed by atoms with Crippen molar-refractivity contribution in [2.45, 2.75) is 25.4 Å². The van der Waals surface area contributed by atoms with Crippen LogP contribution in [0.2, 0.25) is 0 Å². The minimum atomic E-state index is -0.190. The number of hydrogen-bond donors (Lipinski definition) is 0. The van der Waals surface area contributed by atoms with Gasteiger partial charge in [-0.1, -0.05) is 24.6 Å². The molecule has 1 fully saturated rings. The van der Waals surface area contributed by atoms with E-state index in [0.717, 1.165) is 25.9 Å². The first-order valence-corrected chi connectivity index (χ1v) is 8.53. The van der Waals surface area contributed by atoms with E-state index in [4.69, 9.17) is 4.74 Å². The second kappa shape index (κ2) is 10.0. The van der Waals surface area contributed by atoms with Crippen LogP contribution >= 0.6 is 12.4 Å². The first-order chi connectivity index (χ1) is 11.0. The Bertz CT molecular complexity index is 475. The predicted molar refractivity (Wildman–Crippen MR) is 101 cm³/mol. The quantitative estimate of drug-likeness (QED) is 0.734. The summed E-state index contributed by atoms with van der Waals surface area (Å²) in [4.78, 5) is 16.9. The number of carbonyl (C=O) groups is 1. The average molecular weight is 355 g/mol. The maximum atomic E-state index is 12.5. The zero-order valence-electron chi connectivity index (χ0n) is 15.3. The van der Waals surface area contributed by atoms with Gasteiger partial charge in [-0.25, -0.2) is 4.79 Å². The molecular weight excluding hydrogens is 324 g/mol. The Labute approximate surface area is 152 Å². The molecule has 1 aromatic rings. The van der Waals surface area contributed by atoms with Crippen LogP contribution in [0.25, 0.3) is 0 Å². The number of carbonyl (C=O) groups excluding carboxylic acids is 1. The number of benzene rings is 1. The number of rotatable bonds is 6. The lowest BCUT2D eigenvalue weighted by Gasteiger charge is -2.39. The zero-order chi connectivity index (χ0) is 16.8. The summed E-state index contributed by atoms with van der Waals surface area (Å²) >= 11 is 0. The number of esters is 1. The summed E-state index contributed by atoms with van der Waals surface area (Å²) in [6.07, 6.45) is 3.49. The molecule has 0 saturated heterocycles. The fraction of sp³-hybridized carbons (Fsp3) is 0.632. The van der Waals surface area contributed by atoms with Crippen molar-refractivity contribution in [3.63, 3.8) is 0 Å². The molecule has 2 rings (SSSR count). The van der Waals surface area contributed by atoms with Gasteiger partial charge in [-0.15, -0.1) is 12.4 Å². The highest BCUT2D eigenvalue weighted by molar-refractivity contribution is 5.89. The van der Waals surface area contributed by atoms with Gasteiger partial charge in [0.2, 0.25) is 0 Å². The lowest BCUT2D eigenvalue weighted by atomic mass is 9.78. The summed E-state index contributed by atoms with van der Waals surface area (Å²) in [5.74, 6) is 0.637. The molecule has 5 heteroatoms. The minimum Gasteiger partial charge on any atom is -0.458 e. The maximum absolute atomic E-state index is 12.5. The van der Waals surface area contributed by atoms with Crippen molar-refractivity contribution >= 4 is 18.4 Å². The van der Waals surface area contributed by atoms with Crippen molar-refractivity contribution in [3.8, 4) is 0 Å². The van der Waals surface area contributed by atoms with Crippen LogP contribution in [0.15, 0.2) is 30.3 Å². The molecule has 0 spiro atoms. The minimum absolute atomic E-state index is 0. The van der Waals surface area contributed by atoms with Gasteiger partial charge < -0.3 is 14.5 Å². The molecule has 0 aromatic heterocycles. The van der Waals surface area contributed by atoms with Gasteiger partial charge in [0, 0.05) is 24.9 Å². The summed E-state index contributed by atoms with van der Waals surface area (Å²) in [6.45, 7) is 1.94. The van der Waals surface area contributed by atoms with Crippen molar-refractivity contribution in [1.29, 1.82) is 0 Å². The van der Waals surface area contributed by atoms with Crippen LogP contribution in [0.1, 0.15) is 29.6 Å². The van der Waals surface area contributed by atoms with Crippen molar-refractivity contribution in [3.05, 3.63) is 35.9 Å². The Morgan fingerprint density at radius 2 is 1.50 bits per heavy atom. The molecule has 2 atom stereocenters. The highest BCUT2D eigenvalue weighted by Gasteiger charge is 2.36. The smallest absolute Gasteiger partial charge is 0.338 e. The molecule has 0 heterocycles. The van der Waals surface area contributed by atoms with E-state index in [9.17, 15) is 4.79 Å². The van der Waals surface area contributed by atoms with Gasteiger partial charge in [0.25, 0.3) is 0 Å². The SMILES string of the molecule is CN(C)CC1CCCC(CN(C)C)C1OC(=O)c1ccccc1.Cl. The van der Waals surface area contributed by atoms with Crippen LogP contribution < -0.4 is 0 Å². The summed E-state index contributed by atoms with van der Waals surface area (Å²) in [5, 5.41) is 0. The first kappa shape index (κ1) is 20.9. The van der Waals surface area contributed by atoms with Crippen molar-refractivity contribution < 1.29 is 9.53 Å². The van der Waals surface area contributed by atoms with Crippen LogP contribution in [-0.4, -0.2) is 63.2 Å². The van der Waals surface area contributed by atoms with E-state index in [1.807, 2.05) is 30.3 Å². The fourth-order valence-corrected chi connectivity index (χ4v) is 3.64. The van der Waals surface area contributed by atoms with E-state index in [1.54, 1.807) is 0 Å². The Balaban J connectivity index is 0.00000288. The molecule has 1 aliphatic rings. The molecule has 0 amide bonds. The Morgan fingerprint density at radius 1 is 1.00 bits per heavy atom. The van der Waals surface area contributed by atoms with E-state index in [0.29, 0.717) is 17.4 Å². The Morgan fingerprint density at radius 3 is 1.96 bits per heavy atom. The van der Waals surface area contributed by atoms with Gasteiger partial charge in [-0.3, -0.25) is 0 Å². The normalized spacial score (nSPS) is 23.8. The third-order valence-electron chi connectivity index (χ3n) is 4.53. The van der Waals surface area contributed by atoms with Crippen LogP contribution in [0.5, 0.6) is 0 Å². The van der Waals surface area contributed by atoms with Crippen LogP contribution in [0.3, 0.4) is 0 Å². The lowest BCUT2D eigenvalue weighted by Crippen LogP contribution is -2.45. The number of nitrogens with zero attached hydrogens (tertiary/aromatic N) is 2. The topological polar surface area (TPSA) is 32.8 Å². The van der Waals surface area contributed by atoms with Crippen molar-refractivity contribution in [1.82, 2.24) is 9.80 Å². The molecule has 2 unspecified atom stereocenters. The summed E-state index contributed by atoms with van der Waals surface area (Å²) in [7, 11) is 8.36. The van der Waals surface area contributed by atoms with Crippen LogP contribution in [0, 0.1) is 11.8 Å². The molecule has 0 bridgehead atoms. The maximum Gasteiger partial charge on any atom is 0.338 e. The van der Waals surface area contributed by atoms with E-state index >= 15 is 0 Å². The van der Waals surface area contributed by atoms with Gasteiger partial charge in [-0.2, -0.15) is 0 Å². The summed E-state index contributed by atoms with van der Waals surface area (Å²) in [6, 6.07) is 9.33. The van der Waals surface area contributed by atoms with E-state index < -0.39 is 0 Å². The second-order valence-electron chi connectivity index (χ2n) is 7.21. The third kappa shape index (κ3) is 6.08. The zero-order valence-corrected chi connectivity index (χ0v) is 16.1. The molecule has 136 valence electrons. The van der Waals surface area contributed by atoms with Crippen molar-refractivity contribution in [2.75, 3.05) is 41.3 Å². The molecule has 4 nitrogen and oxygen atoms in total. The molecule has 1 aliphatic carbocycles. The molecular formula is C19H31ClN2O2. The number of halogens is 1. The molecule has 1 saturated carbocycles. The number of ether oxygens (including phenoxy) is 1.